The number of hydrogen-bond acceptors (Lipinski definition) is 3. The molecule has 0 fully saturated rings. The van der Waals surface area contributed by atoms with Gasteiger partial charge in [-0.25, -0.2) is 4.39 Å². The molecule has 2 heterocycles. The summed E-state index contributed by atoms with van der Waals surface area (Å²) in [6.45, 7) is 2.20. The maximum absolute atomic E-state index is 12.9. The fourth-order valence-corrected chi connectivity index (χ4v) is 3.59. The van der Waals surface area contributed by atoms with E-state index in [2.05, 4.69) is 11.0 Å². The summed E-state index contributed by atoms with van der Waals surface area (Å²) >= 11 is 0. The van der Waals surface area contributed by atoms with E-state index in [0.717, 1.165) is 67.8 Å². The lowest BCUT2D eigenvalue weighted by Crippen LogP contribution is -2.35. The third-order valence-electron chi connectivity index (χ3n) is 5.01. The van der Waals surface area contributed by atoms with Crippen LogP contribution in [0.15, 0.2) is 34.7 Å². The van der Waals surface area contributed by atoms with Gasteiger partial charge in [-0.15, -0.1) is 0 Å². The van der Waals surface area contributed by atoms with Crippen molar-refractivity contribution in [2.24, 2.45) is 0 Å². The number of hydrogen-bond donors (Lipinski definition) is 0. The fraction of sp³-hybridized carbons (Fsp3) is 0.500. The average molecular weight is 372 g/mol. The van der Waals surface area contributed by atoms with Gasteiger partial charge in [-0.05, 0) is 57.1 Å². The minimum absolute atomic E-state index is 0.194. The van der Waals surface area contributed by atoms with Gasteiger partial charge in [-0.3, -0.25) is 4.79 Å². The highest BCUT2D eigenvalue weighted by Gasteiger charge is 2.23. The topological polar surface area (TPSA) is 36.7 Å². The second-order valence-electron chi connectivity index (χ2n) is 7.65. The molecular formula is C22H29FN2O2. The molecule has 0 saturated carbocycles. The number of benzene rings is 1. The molecule has 0 atom stereocenters. The third kappa shape index (κ3) is 5.67. The second kappa shape index (κ2) is 9.18. The number of aryl methyl sites for hydroxylation is 1. The number of carbonyl (C=O) groups excluding carboxylic acids is 1. The van der Waals surface area contributed by atoms with Gasteiger partial charge in [0.1, 0.15) is 17.3 Å². The molecule has 0 radical (unpaired) electrons. The molecule has 0 N–H and O–H groups in total. The normalized spacial score (nSPS) is 13.9. The van der Waals surface area contributed by atoms with Crippen LogP contribution in [-0.2, 0) is 30.7 Å². The smallest absolute Gasteiger partial charge is 0.222 e. The molecule has 1 aliphatic rings. The van der Waals surface area contributed by atoms with Crippen LogP contribution in [-0.4, -0.2) is 36.3 Å². The Morgan fingerprint density at radius 1 is 1.19 bits per heavy atom. The molecule has 0 saturated heterocycles. The van der Waals surface area contributed by atoms with E-state index in [-0.39, 0.29) is 11.7 Å². The second-order valence-corrected chi connectivity index (χ2v) is 7.65. The van der Waals surface area contributed by atoms with E-state index >= 15 is 0 Å². The molecule has 1 amide bonds. The van der Waals surface area contributed by atoms with Crippen LogP contribution in [0.1, 0.15) is 48.3 Å². The van der Waals surface area contributed by atoms with Gasteiger partial charge in [-0.1, -0.05) is 18.6 Å². The van der Waals surface area contributed by atoms with Crippen LogP contribution in [0.5, 0.6) is 0 Å². The van der Waals surface area contributed by atoms with Gasteiger partial charge in [0.15, 0.2) is 0 Å². The van der Waals surface area contributed by atoms with Crippen molar-refractivity contribution >= 4 is 5.91 Å². The summed E-state index contributed by atoms with van der Waals surface area (Å²) in [5.41, 5.74) is 2.31. The van der Waals surface area contributed by atoms with Crippen LogP contribution >= 0.6 is 0 Å². The standard InChI is InChI=1S/C22H29FN2O2/c1-24(2)16-20-14-18-15-25(13-12-21(18)27-20)22(26)7-5-3-4-6-17-8-10-19(23)11-9-17/h8-11,14H,3-7,12-13,15-16H2,1-2H3. The third-order valence-corrected chi connectivity index (χ3v) is 5.01. The Balaban J connectivity index is 1.38. The van der Waals surface area contributed by atoms with E-state index in [9.17, 15) is 9.18 Å². The quantitative estimate of drug-likeness (QED) is 0.653. The van der Waals surface area contributed by atoms with E-state index in [1.165, 1.54) is 12.1 Å². The van der Waals surface area contributed by atoms with E-state index in [0.29, 0.717) is 13.0 Å². The first kappa shape index (κ1) is 19.6. The van der Waals surface area contributed by atoms with Crippen LogP contribution in [0, 0.1) is 5.82 Å². The fourth-order valence-electron chi connectivity index (χ4n) is 3.59. The summed E-state index contributed by atoms with van der Waals surface area (Å²) in [6.07, 6.45) is 5.28. The van der Waals surface area contributed by atoms with Gasteiger partial charge in [0.25, 0.3) is 0 Å². The van der Waals surface area contributed by atoms with Gasteiger partial charge in [0, 0.05) is 31.5 Å². The summed E-state index contributed by atoms with van der Waals surface area (Å²) in [4.78, 5) is 16.5. The minimum atomic E-state index is -0.194. The Morgan fingerprint density at radius 3 is 2.70 bits per heavy atom. The minimum Gasteiger partial charge on any atom is -0.464 e. The van der Waals surface area contributed by atoms with Crippen molar-refractivity contribution in [1.82, 2.24) is 9.80 Å². The van der Waals surface area contributed by atoms with E-state index in [1.807, 2.05) is 31.1 Å². The average Bonchev–Trinajstić information content (AvgIpc) is 3.03. The molecule has 146 valence electrons. The van der Waals surface area contributed by atoms with Gasteiger partial charge in [0.05, 0.1) is 6.54 Å². The Bertz CT molecular complexity index is 752. The highest BCUT2D eigenvalue weighted by Crippen LogP contribution is 2.24. The zero-order chi connectivity index (χ0) is 19.2. The highest BCUT2D eigenvalue weighted by atomic mass is 19.1. The molecule has 1 aromatic heterocycles. The first-order valence-electron chi connectivity index (χ1n) is 9.78. The van der Waals surface area contributed by atoms with E-state index in [1.54, 1.807) is 0 Å². The van der Waals surface area contributed by atoms with Crippen molar-refractivity contribution in [3.8, 4) is 0 Å². The summed E-state index contributed by atoms with van der Waals surface area (Å²) in [6, 6.07) is 8.77. The van der Waals surface area contributed by atoms with Crippen molar-refractivity contribution in [1.29, 1.82) is 0 Å². The number of nitrogens with zero attached hydrogens (tertiary/aromatic N) is 2. The number of furan rings is 1. The molecule has 3 rings (SSSR count). The van der Waals surface area contributed by atoms with Crippen LogP contribution < -0.4 is 0 Å². The molecule has 0 aliphatic carbocycles. The van der Waals surface area contributed by atoms with E-state index in [4.69, 9.17) is 4.42 Å². The van der Waals surface area contributed by atoms with Gasteiger partial charge in [0.2, 0.25) is 5.91 Å². The van der Waals surface area contributed by atoms with Crippen molar-refractivity contribution in [2.75, 3.05) is 20.6 Å². The van der Waals surface area contributed by atoms with Gasteiger partial charge >= 0.3 is 0 Å². The zero-order valence-electron chi connectivity index (χ0n) is 16.3. The Morgan fingerprint density at radius 2 is 1.96 bits per heavy atom. The lowest BCUT2D eigenvalue weighted by Gasteiger charge is -2.26. The molecule has 2 aromatic rings. The Kier molecular flexibility index (Phi) is 6.67. The monoisotopic (exact) mass is 372 g/mol. The molecule has 4 nitrogen and oxygen atoms in total. The van der Waals surface area contributed by atoms with Crippen molar-refractivity contribution in [3.05, 3.63) is 58.8 Å². The predicted molar refractivity (Wildman–Crippen MR) is 104 cm³/mol. The number of amides is 1. The number of fused-ring (bicyclic) bond motifs is 1. The largest absolute Gasteiger partial charge is 0.464 e. The zero-order valence-corrected chi connectivity index (χ0v) is 16.3. The molecule has 5 heteroatoms. The maximum Gasteiger partial charge on any atom is 0.222 e. The van der Waals surface area contributed by atoms with Crippen LogP contribution in [0.4, 0.5) is 4.39 Å². The van der Waals surface area contributed by atoms with Gasteiger partial charge in [-0.2, -0.15) is 0 Å². The summed E-state index contributed by atoms with van der Waals surface area (Å²) in [7, 11) is 4.04. The predicted octanol–water partition coefficient (Wildman–Crippen LogP) is 4.17. The molecule has 0 unspecified atom stereocenters. The summed E-state index contributed by atoms with van der Waals surface area (Å²) < 4.78 is 18.8. The molecule has 0 bridgehead atoms. The molecule has 27 heavy (non-hydrogen) atoms. The summed E-state index contributed by atoms with van der Waals surface area (Å²) in [5.74, 6) is 2.05. The van der Waals surface area contributed by atoms with Gasteiger partial charge < -0.3 is 14.2 Å². The number of rotatable bonds is 8. The Hall–Kier alpha value is -2.14. The van der Waals surface area contributed by atoms with Crippen molar-refractivity contribution in [3.63, 3.8) is 0 Å². The highest BCUT2D eigenvalue weighted by molar-refractivity contribution is 5.76. The molecule has 1 aliphatic heterocycles. The number of halogens is 1. The Labute approximate surface area is 161 Å². The molecular weight excluding hydrogens is 343 g/mol. The van der Waals surface area contributed by atoms with E-state index < -0.39 is 0 Å². The first-order chi connectivity index (χ1) is 13.0. The number of carbonyl (C=O) groups is 1. The molecule has 0 spiro atoms. The SMILES string of the molecule is CN(C)Cc1cc2c(o1)CCN(C(=O)CCCCCc1ccc(F)cc1)C2. The van der Waals surface area contributed by atoms with Crippen LogP contribution in [0.25, 0.3) is 0 Å². The maximum atomic E-state index is 12.9. The lowest BCUT2D eigenvalue weighted by atomic mass is 10.0. The number of unbranched alkanes of at least 4 members (excludes halogenated alkanes) is 2. The van der Waals surface area contributed by atoms with Crippen LogP contribution in [0.2, 0.25) is 0 Å². The van der Waals surface area contributed by atoms with Crippen LogP contribution in [0.3, 0.4) is 0 Å². The van der Waals surface area contributed by atoms with Crippen molar-refractivity contribution in [2.45, 2.75) is 51.6 Å². The van der Waals surface area contributed by atoms with Crippen molar-refractivity contribution < 1.29 is 13.6 Å². The summed E-state index contributed by atoms with van der Waals surface area (Å²) in [5, 5.41) is 0. The lowest BCUT2D eigenvalue weighted by molar-refractivity contribution is -0.132. The molecule has 1 aromatic carbocycles. The first-order valence-corrected chi connectivity index (χ1v) is 9.78.